The number of nitrogens with zero attached hydrogens (tertiary/aromatic N) is 2. The van der Waals surface area contributed by atoms with Gasteiger partial charge in [-0.1, -0.05) is 0 Å². The quantitative estimate of drug-likeness (QED) is 0.726. The third-order valence-corrected chi connectivity index (χ3v) is 2.38. The fourth-order valence-electron chi connectivity index (χ4n) is 1.49. The van der Waals surface area contributed by atoms with E-state index in [2.05, 4.69) is 0 Å². The number of aliphatic hydroxyl groups excluding tert-OH is 1. The number of rotatable bonds is 4. The van der Waals surface area contributed by atoms with E-state index in [0.29, 0.717) is 24.9 Å². The Bertz CT molecular complexity index is 471. The Kier molecular flexibility index (Phi) is 4.09. The van der Waals surface area contributed by atoms with Crippen LogP contribution in [0.3, 0.4) is 0 Å². The SMILES string of the molecule is Cc1cc(=O)n(CCCCO)c(O)c1C#N. The minimum Gasteiger partial charge on any atom is -0.493 e. The molecule has 2 N–H and O–H groups in total. The Labute approximate surface area is 93.2 Å². The Balaban J connectivity index is 3.10. The molecule has 0 aromatic carbocycles. The van der Waals surface area contributed by atoms with Crippen LogP contribution in [0, 0.1) is 18.3 Å². The highest BCUT2D eigenvalue weighted by atomic mass is 16.3. The Morgan fingerprint density at radius 2 is 2.19 bits per heavy atom. The van der Waals surface area contributed by atoms with Crippen molar-refractivity contribution in [1.29, 1.82) is 5.26 Å². The number of hydrogen-bond donors (Lipinski definition) is 2. The zero-order chi connectivity index (χ0) is 12.1. The lowest BCUT2D eigenvalue weighted by Crippen LogP contribution is -2.21. The molecule has 16 heavy (non-hydrogen) atoms. The number of aryl methyl sites for hydroxylation is 1. The smallest absolute Gasteiger partial charge is 0.253 e. The van der Waals surface area contributed by atoms with Crippen LogP contribution in [0.1, 0.15) is 24.0 Å². The molecule has 0 unspecified atom stereocenters. The average Bonchev–Trinajstić information content (AvgIpc) is 2.23. The van der Waals surface area contributed by atoms with Crippen molar-refractivity contribution >= 4 is 0 Å². The molecule has 86 valence electrons. The molecular formula is C11H14N2O3. The predicted molar refractivity (Wildman–Crippen MR) is 58.1 cm³/mol. The summed E-state index contributed by atoms with van der Waals surface area (Å²) in [7, 11) is 0. The number of hydrogen-bond acceptors (Lipinski definition) is 4. The number of pyridine rings is 1. The van der Waals surface area contributed by atoms with Crippen LogP contribution in [0.4, 0.5) is 0 Å². The first kappa shape index (κ1) is 12.3. The van der Waals surface area contributed by atoms with Gasteiger partial charge in [0.05, 0.1) is 0 Å². The van der Waals surface area contributed by atoms with Gasteiger partial charge in [-0.2, -0.15) is 5.26 Å². The van der Waals surface area contributed by atoms with Crippen molar-refractivity contribution < 1.29 is 10.2 Å². The molecule has 1 rings (SSSR count). The summed E-state index contributed by atoms with van der Waals surface area (Å²) in [6.45, 7) is 1.96. The van der Waals surface area contributed by atoms with Crippen LogP contribution in [-0.4, -0.2) is 21.4 Å². The summed E-state index contributed by atoms with van der Waals surface area (Å²) < 4.78 is 1.15. The highest BCUT2D eigenvalue weighted by molar-refractivity contribution is 5.43. The maximum absolute atomic E-state index is 11.6. The zero-order valence-corrected chi connectivity index (χ0v) is 9.10. The molecule has 0 fully saturated rings. The van der Waals surface area contributed by atoms with E-state index in [1.165, 1.54) is 6.07 Å². The van der Waals surface area contributed by atoms with Crippen molar-refractivity contribution in [3.05, 3.63) is 27.5 Å². The van der Waals surface area contributed by atoms with Gasteiger partial charge in [0.2, 0.25) is 5.88 Å². The molecule has 0 aliphatic rings. The largest absolute Gasteiger partial charge is 0.493 e. The van der Waals surface area contributed by atoms with Gasteiger partial charge in [0.25, 0.3) is 5.56 Å². The summed E-state index contributed by atoms with van der Waals surface area (Å²) in [5.74, 6) is -0.287. The molecule has 0 bridgehead atoms. The minimum atomic E-state index is -0.327. The lowest BCUT2D eigenvalue weighted by Gasteiger charge is -2.10. The van der Waals surface area contributed by atoms with E-state index in [-0.39, 0.29) is 23.6 Å². The summed E-state index contributed by atoms with van der Waals surface area (Å²) in [6.07, 6.45) is 1.14. The van der Waals surface area contributed by atoms with Gasteiger partial charge in [-0.3, -0.25) is 9.36 Å². The Morgan fingerprint density at radius 3 is 2.75 bits per heavy atom. The van der Waals surface area contributed by atoms with Gasteiger partial charge in [0.15, 0.2) is 0 Å². The number of aliphatic hydroxyl groups is 1. The van der Waals surface area contributed by atoms with Gasteiger partial charge >= 0.3 is 0 Å². The van der Waals surface area contributed by atoms with E-state index in [4.69, 9.17) is 10.4 Å². The first-order chi connectivity index (χ1) is 7.61. The third-order valence-electron chi connectivity index (χ3n) is 2.38. The highest BCUT2D eigenvalue weighted by Crippen LogP contribution is 2.17. The van der Waals surface area contributed by atoms with Crippen molar-refractivity contribution in [2.75, 3.05) is 6.61 Å². The van der Waals surface area contributed by atoms with Crippen molar-refractivity contribution in [3.63, 3.8) is 0 Å². The lowest BCUT2D eigenvalue weighted by atomic mass is 10.1. The first-order valence-corrected chi connectivity index (χ1v) is 5.06. The second kappa shape index (κ2) is 5.33. The topological polar surface area (TPSA) is 86.2 Å². The molecule has 0 aliphatic carbocycles. The van der Waals surface area contributed by atoms with Crippen LogP contribution in [0.25, 0.3) is 0 Å². The highest BCUT2D eigenvalue weighted by Gasteiger charge is 2.11. The summed E-state index contributed by atoms with van der Waals surface area (Å²) in [6, 6.07) is 3.19. The number of unbranched alkanes of at least 4 members (excludes halogenated alkanes) is 1. The first-order valence-electron chi connectivity index (χ1n) is 5.06. The van der Waals surface area contributed by atoms with E-state index < -0.39 is 0 Å². The second-order valence-corrected chi connectivity index (χ2v) is 3.56. The van der Waals surface area contributed by atoms with Crippen molar-refractivity contribution in [2.45, 2.75) is 26.3 Å². The molecule has 1 heterocycles. The van der Waals surface area contributed by atoms with Crippen LogP contribution in [0.5, 0.6) is 5.88 Å². The third kappa shape index (κ3) is 2.41. The average molecular weight is 222 g/mol. The fourth-order valence-corrected chi connectivity index (χ4v) is 1.49. The van der Waals surface area contributed by atoms with E-state index in [0.717, 1.165) is 4.57 Å². The standard InChI is InChI=1S/C11H14N2O3/c1-8-6-10(15)13(4-2-3-5-14)11(16)9(8)7-12/h6,14,16H,2-5H2,1H3. The van der Waals surface area contributed by atoms with E-state index in [1.807, 2.05) is 6.07 Å². The monoisotopic (exact) mass is 222 g/mol. The summed E-state index contributed by atoms with van der Waals surface area (Å²) in [5.41, 5.74) is 0.277. The summed E-state index contributed by atoms with van der Waals surface area (Å²) in [5, 5.41) is 27.2. The van der Waals surface area contributed by atoms with Crippen LogP contribution in [0.2, 0.25) is 0 Å². The van der Waals surface area contributed by atoms with E-state index in [1.54, 1.807) is 6.92 Å². The Morgan fingerprint density at radius 1 is 1.50 bits per heavy atom. The molecule has 1 aromatic rings. The number of aromatic nitrogens is 1. The van der Waals surface area contributed by atoms with Crippen molar-refractivity contribution in [1.82, 2.24) is 4.57 Å². The molecule has 0 radical (unpaired) electrons. The van der Waals surface area contributed by atoms with E-state index in [9.17, 15) is 9.90 Å². The summed E-state index contributed by atoms with van der Waals surface area (Å²) >= 11 is 0. The van der Waals surface area contributed by atoms with Gasteiger partial charge in [0, 0.05) is 19.2 Å². The van der Waals surface area contributed by atoms with Crippen LogP contribution >= 0.6 is 0 Å². The molecule has 0 amide bonds. The second-order valence-electron chi connectivity index (χ2n) is 3.56. The van der Waals surface area contributed by atoms with Crippen LogP contribution < -0.4 is 5.56 Å². The van der Waals surface area contributed by atoms with Crippen LogP contribution in [0.15, 0.2) is 10.9 Å². The van der Waals surface area contributed by atoms with Gasteiger partial charge in [-0.05, 0) is 25.3 Å². The lowest BCUT2D eigenvalue weighted by molar-refractivity contribution is 0.278. The molecule has 0 aliphatic heterocycles. The maximum Gasteiger partial charge on any atom is 0.253 e. The normalized spacial score (nSPS) is 10.1. The van der Waals surface area contributed by atoms with E-state index >= 15 is 0 Å². The molecule has 0 saturated carbocycles. The van der Waals surface area contributed by atoms with Crippen LogP contribution in [-0.2, 0) is 6.54 Å². The van der Waals surface area contributed by atoms with Gasteiger partial charge < -0.3 is 10.2 Å². The summed E-state index contributed by atoms with van der Waals surface area (Å²) in [4.78, 5) is 11.6. The van der Waals surface area contributed by atoms with Gasteiger partial charge in [0.1, 0.15) is 11.6 Å². The molecule has 5 heteroatoms. The predicted octanol–water partition coefficient (Wildman–Crippen LogP) is 0.506. The molecule has 0 spiro atoms. The minimum absolute atomic E-state index is 0.0481. The van der Waals surface area contributed by atoms with Crippen molar-refractivity contribution in [2.24, 2.45) is 0 Å². The number of aromatic hydroxyl groups is 1. The molecule has 5 nitrogen and oxygen atoms in total. The molecular weight excluding hydrogens is 208 g/mol. The van der Waals surface area contributed by atoms with Gasteiger partial charge in [-0.25, -0.2) is 0 Å². The fraction of sp³-hybridized carbons (Fsp3) is 0.455. The Hall–Kier alpha value is -1.80. The zero-order valence-electron chi connectivity index (χ0n) is 9.10. The van der Waals surface area contributed by atoms with Crippen molar-refractivity contribution in [3.8, 4) is 11.9 Å². The maximum atomic E-state index is 11.6. The number of nitriles is 1. The molecule has 0 atom stereocenters. The molecule has 0 saturated heterocycles. The molecule has 1 aromatic heterocycles. The van der Waals surface area contributed by atoms with Gasteiger partial charge in [-0.15, -0.1) is 0 Å².